The molecule has 0 aliphatic carbocycles. The molecule has 1 aromatic heterocycles. The van der Waals surface area contributed by atoms with Crippen molar-refractivity contribution < 1.29 is 18.8 Å². The first-order chi connectivity index (χ1) is 11.9. The van der Waals surface area contributed by atoms with Crippen molar-refractivity contribution in [2.24, 2.45) is 0 Å². The van der Waals surface area contributed by atoms with E-state index in [4.69, 9.17) is 4.42 Å². The second-order valence-corrected chi connectivity index (χ2v) is 6.19. The zero-order valence-electron chi connectivity index (χ0n) is 14.5. The Morgan fingerprint density at radius 2 is 1.60 bits per heavy atom. The van der Waals surface area contributed by atoms with Crippen LogP contribution in [-0.2, 0) is 9.59 Å². The molecule has 0 bridgehead atoms. The molecule has 3 rings (SSSR count). The number of nitrogens with zero attached hydrogens (tertiary/aromatic N) is 1. The highest BCUT2D eigenvalue weighted by Gasteiger charge is 2.27. The number of rotatable bonds is 3. The number of anilines is 2. The highest BCUT2D eigenvalue weighted by molar-refractivity contribution is 6.16. The Hall–Kier alpha value is -2.89. The summed E-state index contributed by atoms with van der Waals surface area (Å²) in [6, 6.07) is 6.69. The lowest BCUT2D eigenvalue weighted by molar-refractivity contribution is -0.129. The van der Waals surface area contributed by atoms with E-state index in [2.05, 4.69) is 5.32 Å². The molecule has 1 aliphatic heterocycles. The van der Waals surface area contributed by atoms with Gasteiger partial charge in [-0.15, -0.1) is 0 Å². The molecule has 25 heavy (non-hydrogen) atoms. The average Bonchev–Trinajstić information content (AvgIpc) is 2.81. The van der Waals surface area contributed by atoms with Crippen LogP contribution >= 0.6 is 0 Å². The molecule has 130 valence electrons. The molecule has 2 heterocycles. The van der Waals surface area contributed by atoms with Gasteiger partial charge in [0, 0.05) is 24.1 Å². The highest BCUT2D eigenvalue weighted by Crippen LogP contribution is 2.25. The molecule has 1 N–H and O–H groups in total. The minimum absolute atomic E-state index is 0.187. The summed E-state index contributed by atoms with van der Waals surface area (Å²) >= 11 is 0. The quantitative estimate of drug-likeness (QED) is 0.867. The van der Waals surface area contributed by atoms with Crippen LogP contribution < -0.4 is 10.2 Å². The summed E-state index contributed by atoms with van der Waals surface area (Å²) in [5.41, 5.74) is 2.46. The number of hydrogen-bond donors (Lipinski definition) is 1. The standard InChI is InChI=1S/C19H20N2O4/c1-11-12(2)25-13(3)18(11)19(24)20-14-7-9-15(10-8-14)21-16(22)5-4-6-17(21)23/h7-10H,4-6H2,1-3H3,(H,20,24). The molecule has 1 saturated heterocycles. The molecular formula is C19H20N2O4. The molecule has 6 nitrogen and oxygen atoms in total. The van der Waals surface area contributed by atoms with Crippen LogP contribution in [0.15, 0.2) is 28.7 Å². The van der Waals surface area contributed by atoms with Crippen molar-refractivity contribution in [3.63, 3.8) is 0 Å². The largest absolute Gasteiger partial charge is 0.466 e. The second kappa shape index (κ2) is 6.55. The number of nitrogens with one attached hydrogen (secondary N) is 1. The van der Waals surface area contributed by atoms with Gasteiger partial charge < -0.3 is 9.73 Å². The minimum atomic E-state index is -0.246. The van der Waals surface area contributed by atoms with Gasteiger partial charge in [-0.2, -0.15) is 0 Å². The number of hydrogen-bond acceptors (Lipinski definition) is 4. The van der Waals surface area contributed by atoms with Gasteiger partial charge in [-0.1, -0.05) is 0 Å². The van der Waals surface area contributed by atoms with Crippen molar-refractivity contribution in [3.05, 3.63) is 46.9 Å². The first kappa shape index (κ1) is 17.0. The molecule has 1 fully saturated rings. The summed E-state index contributed by atoms with van der Waals surface area (Å²) in [7, 11) is 0. The predicted molar refractivity (Wildman–Crippen MR) is 93.7 cm³/mol. The molecule has 0 spiro atoms. The van der Waals surface area contributed by atoms with Gasteiger partial charge in [0.1, 0.15) is 11.5 Å². The van der Waals surface area contributed by atoms with Crippen molar-refractivity contribution in [1.29, 1.82) is 0 Å². The number of amides is 3. The van der Waals surface area contributed by atoms with E-state index in [0.717, 1.165) is 11.3 Å². The van der Waals surface area contributed by atoms with Crippen molar-refractivity contribution in [1.82, 2.24) is 0 Å². The first-order valence-corrected chi connectivity index (χ1v) is 8.22. The fourth-order valence-corrected chi connectivity index (χ4v) is 3.06. The van der Waals surface area contributed by atoms with Crippen LogP contribution in [0.3, 0.4) is 0 Å². The lowest BCUT2D eigenvalue weighted by Gasteiger charge is -2.24. The SMILES string of the molecule is Cc1oc(C)c(C(=O)Nc2ccc(N3C(=O)CCCC3=O)cc2)c1C. The van der Waals surface area contributed by atoms with E-state index >= 15 is 0 Å². The van der Waals surface area contributed by atoms with Gasteiger partial charge in [0.25, 0.3) is 5.91 Å². The Morgan fingerprint density at radius 3 is 2.12 bits per heavy atom. The number of piperidine rings is 1. The summed E-state index contributed by atoms with van der Waals surface area (Å²) in [5, 5.41) is 2.82. The molecule has 0 unspecified atom stereocenters. The molecular weight excluding hydrogens is 320 g/mol. The number of furan rings is 1. The third-order valence-electron chi connectivity index (χ3n) is 4.45. The smallest absolute Gasteiger partial charge is 0.259 e. The fourth-order valence-electron chi connectivity index (χ4n) is 3.06. The first-order valence-electron chi connectivity index (χ1n) is 8.22. The fraction of sp³-hybridized carbons (Fsp3) is 0.316. The van der Waals surface area contributed by atoms with E-state index < -0.39 is 0 Å². The maximum Gasteiger partial charge on any atom is 0.259 e. The van der Waals surface area contributed by atoms with Crippen LogP contribution in [-0.4, -0.2) is 17.7 Å². The van der Waals surface area contributed by atoms with Crippen LogP contribution in [0.25, 0.3) is 0 Å². The van der Waals surface area contributed by atoms with E-state index in [1.54, 1.807) is 31.2 Å². The normalized spacial score (nSPS) is 14.8. The molecule has 6 heteroatoms. The zero-order chi connectivity index (χ0) is 18.1. The molecule has 3 amide bonds. The Balaban J connectivity index is 1.78. The highest BCUT2D eigenvalue weighted by atomic mass is 16.3. The number of carbonyl (C=O) groups is 3. The third-order valence-corrected chi connectivity index (χ3v) is 4.45. The summed E-state index contributed by atoms with van der Waals surface area (Å²) in [6.07, 6.45) is 1.36. The summed E-state index contributed by atoms with van der Waals surface area (Å²) in [4.78, 5) is 37.6. The van der Waals surface area contributed by atoms with E-state index in [1.807, 2.05) is 13.8 Å². The summed E-state index contributed by atoms with van der Waals surface area (Å²) < 4.78 is 5.48. The Morgan fingerprint density at radius 1 is 1.00 bits per heavy atom. The third kappa shape index (κ3) is 3.20. The van der Waals surface area contributed by atoms with Crippen molar-refractivity contribution in [2.45, 2.75) is 40.0 Å². The van der Waals surface area contributed by atoms with Gasteiger partial charge in [0.15, 0.2) is 0 Å². The van der Waals surface area contributed by atoms with E-state index in [9.17, 15) is 14.4 Å². The lowest BCUT2D eigenvalue weighted by Crippen LogP contribution is -2.40. The minimum Gasteiger partial charge on any atom is -0.466 e. The number of carbonyl (C=O) groups excluding carboxylic acids is 3. The van der Waals surface area contributed by atoms with Gasteiger partial charge in [0.2, 0.25) is 11.8 Å². The zero-order valence-corrected chi connectivity index (χ0v) is 14.5. The van der Waals surface area contributed by atoms with Crippen molar-refractivity contribution >= 4 is 29.1 Å². The van der Waals surface area contributed by atoms with Gasteiger partial charge in [-0.3, -0.25) is 19.3 Å². The molecule has 0 saturated carbocycles. The van der Waals surface area contributed by atoms with Crippen LogP contribution in [0, 0.1) is 20.8 Å². The average molecular weight is 340 g/mol. The van der Waals surface area contributed by atoms with Gasteiger partial charge in [-0.05, 0) is 51.5 Å². The Kier molecular flexibility index (Phi) is 4.44. The summed E-state index contributed by atoms with van der Waals surface area (Å²) in [5.74, 6) is 0.680. The number of imide groups is 1. The molecule has 0 atom stereocenters. The van der Waals surface area contributed by atoms with Crippen LogP contribution in [0.4, 0.5) is 11.4 Å². The summed E-state index contributed by atoms with van der Waals surface area (Å²) in [6.45, 7) is 5.42. The maximum absolute atomic E-state index is 12.5. The second-order valence-electron chi connectivity index (χ2n) is 6.19. The van der Waals surface area contributed by atoms with Gasteiger partial charge in [0.05, 0.1) is 11.3 Å². The lowest BCUT2D eigenvalue weighted by atomic mass is 10.1. The predicted octanol–water partition coefficient (Wildman–Crippen LogP) is 3.50. The van der Waals surface area contributed by atoms with Crippen LogP contribution in [0.2, 0.25) is 0 Å². The molecule has 2 aromatic rings. The molecule has 1 aliphatic rings. The number of benzene rings is 1. The number of aryl methyl sites for hydroxylation is 2. The van der Waals surface area contributed by atoms with Crippen LogP contribution in [0.5, 0.6) is 0 Å². The van der Waals surface area contributed by atoms with E-state index in [1.165, 1.54) is 4.90 Å². The Labute approximate surface area is 145 Å². The van der Waals surface area contributed by atoms with E-state index in [-0.39, 0.29) is 17.7 Å². The maximum atomic E-state index is 12.5. The monoisotopic (exact) mass is 340 g/mol. The van der Waals surface area contributed by atoms with Crippen molar-refractivity contribution in [2.75, 3.05) is 10.2 Å². The van der Waals surface area contributed by atoms with Crippen molar-refractivity contribution in [3.8, 4) is 0 Å². The topological polar surface area (TPSA) is 79.6 Å². The van der Waals surface area contributed by atoms with Gasteiger partial charge >= 0.3 is 0 Å². The molecule has 1 aromatic carbocycles. The van der Waals surface area contributed by atoms with E-state index in [0.29, 0.717) is 42.0 Å². The van der Waals surface area contributed by atoms with Crippen LogP contribution in [0.1, 0.15) is 46.7 Å². The van der Waals surface area contributed by atoms with Gasteiger partial charge in [-0.25, -0.2) is 0 Å². The molecule has 0 radical (unpaired) electrons. The Bertz CT molecular complexity index is 833.